The molecule has 0 aliphatic heterocycles. The Balaban J connectivity index is 2.27. The SMILES string of the molecule is COC(=O)c1cc(Sc2n[nH]c(C)n2)ccc1N. The second-order valence-electron chi connectivity index (χ2n) is 3.55. The van der Waals surface area contributed by atoms with E-state index in [4.69, 9.17) is 5.73 Å². The first kappa shape index (κ1) is 12.4. The molecule has 2 rings (SSSR count). The molecule has 0 aliphatic rings. The molecule has 1 aromatic heterocycles. The van der Waals surface area contributed by atoms with Crippen LogP contribution >= 0.6 is 11.8 Å². The molecule has 0 amide bonds. The quantitative estimate of drug-likeness (QED) is 0.646. The standard InChI is InChI=1S/C11H12N4O2S/c1-6-13-11(15-14-6)18-7-3-4-9(12)8(5-7)10(16)17-2/h3-5H,12H2,1-2H3,(H,13,14,15). The molecule has 1 aromatic carbocycles. The van der Waals surface area contributed by atoms with Gasteiger partial charge in [0.05, 0.1) is 12.7 Å². The van der Waals surface area contributed by atoms with Crippen LogP contribution in [0.25, 0.3) is 0 Å². The van der Waals surface area contributed by atoms with Gasteiger partial charge in [0.15, 0.2) is 0 Å². The third kappa shape index (κ3) is 2.62. The molecule has 0 bridgehead atoms. The van der Waals surface area contributed by atoms with Crippen LogP contribution in [0.3, 0.4) is 0 Å². The molecular formula is C11H12N4O2S. The Morgan fingerprint density at radius 1 is 1.50 bits per heavy atom. The zero-order valence-corrected chi connectivity index (χ0v) is 10.7. The highest BCUT2D eigenvalue weighted by atomic mass is 32.2. The molecule has 0 unspecified atom stereocenters. The summed E-state index contributed by atoms with van der Waals surface area (Å²) in [5.74, 6) is 0.280. The smallest absolute Gasteiger partial charge is 0.339 e. The zero-order chi connectivity index (χ0) is 13.1. The van der Waals surface area contributed by atoms with Crippen molar-refractivity contribution in [2.75, 3.05) is 12.8 Å². The van der Waals surface area contributed by atoms with Crippen LogP contribution in [0.1, 0.15) is 16.2 Å². The summed E-state index contributed by atoms with van der Waals surface area (Å²) in [6, 6.07) is 5.13. The number of carbonyl (C=O) groups excluding carboxylic acids is 1. The Bertz CT molecular complexity index is 582. The highest BCUT2D eigenvalue weighted by molar-refractivity contribution is 7.99. The number of aromatic nitrogens is 3. The van der Waals surface area contributed by atoms with Crippen LogP contribution in [0.4, 0.5) is 5.69 Å². The lowest BCUT2D eigenvalue weighted by atomic mass is 10.2. The van der Waals surface area contributed by atoms with E-state index in [9.17, 15) is 4.79 Å². The number of benzene rings is 1. The van der Waals surface area contributed by atoms with Crippen LogP contribution in [-0.4, -0.2) is 28.3 Å². The van der Waals surface area contributed by atoms with Crippen LogP contribution in [-0.2, 0) is 4.74 Å². The minimum absolute atomic E-state index is 0.342. The van der Waals surface area contributed by atoms with Crippen molar-refractivity contribution in [3.63, 3.8) is 0 Å². The number of hydrogen-bond donors (Lipinski definition) is 2. The number of rotatable bonds is 3. The minimum Gasteiger partial charge on any atom is -0.465 e. The summed E-state index contributed by atoms with van der Waals surface area (Å²) in [7, 11) is 1.32. The maximum Gasteiger partial charge on any atom is 0.339 e. The van der Waals surface area contributed by atoms with E-state index < -0.39 is 5.97 Å². The number of nitrogens with zero attached hydrogens (tertiary/aromatic N) is 2. The molecule has 0 atom stereocenters. The fourth-order valence-electron chi connectivity index (χ4n) is 1.36. The van der Waals surface area contributed by atoms with Crippen molar-refractivity contribution < 1.29 is 9.53 Å². The highest BCUT2D eigenvalue weighted by Crippen LogP contribution is 2.27. The third-order valence-corrected chi connectivity index (χ3v) is 3.07. The van der Waals surface area contributed by atoms with Gasteiger partial charge in [0.25, 0.3) is 0 Å². The number of hydrogen-bond acceptors (Lipinski definition) is 6. The number of aromatic amines is 1. The molecule has 1 heterocycles. The fourth-order valence-corrected chi connectivity index (χ4v) is 2.16. The van der Waals surface area contributed by atoms with Gasteiger partial charge in [-0.1, -0.05) is 0 Å². The van der Waals surface area contributed by atoms with Crippen molar-refractivity contribution in [2.45, 2.75) is 17.0 Å². The lowest BCUT2D eigenvalue weighted by molar-refractivity contribution is 0.0601. The van der Waals surface area contributed by atoms with Gasteiger partial charge in [0.2, 0.25) is 5.16 Å². The normalized spacial score (nSPS) is 10.3. The maximum atomic E-state index is 11.5. The molecule has 6 nitrogen and oxygen atoms in total. The van der Waals surface area contributed by atoms with Gasteiger partial charge in [-0.3, -0.25) is 5.10 Å². The lowest BCUT2D eigenvalue weighted by Crippen LogP contribution is -2.05. The molecule has 18 heavy (non-hydrogen) atoms. The number of H-pyrrole nitrogens is 1. The van der Waals surface area contributed by atoms with Crippen molar-refractivity contribution in [1.29, 1.82) is 0 Å². The Kier molecular flexibility index (Phi) is 3.52. The maximum absolute atomic E-state index is 11.5. The van der Waals surface area contributed by atoms with Crippen LogP contribution in [0.15, 0.2) is 28.3 Å². The number of aryl methyl sites for hydroxylation is 1. The summed E-state index contributed by atoms with van der Waals surface area (Å²) < 4.78 is 4.66. The van der Waals surface area contributed by atoms with Crippen molar-refractivity contribution in [1.82, 2.24) is 15.2 Å². The number of anilines is 1. The number of nitrogens with one attached hydrogen (secondary N) is 1. The summed E-state index contributed by atoms with van der Waals surface area (Å²) in [5, 5.41) is 7.35. The molecule has 3 N–H and O–H groups in total. The van der Waals surface area contributed by atoms with E-state index in [1.807, 2.05) is 6.92 Å². The summed E-state index contributed by atoms with van der Waals surface area (Å²) in [5.41, 5.74) is 6.44. The van der Waals surface area contributed by atoms with Gasteiger partial charge in [0.1, 0.15) is 5.82 Å². The molecule has 0 aliphatic carbocycles. The average Bonchev–Trinajstić information content (AvgIpc) is 2.76. The Morgan fingerprint density at radius 2 is 2.28 bits per heavy atom. The van der Waals surface area contributed by atoms with Crippen LogP contribution in [0.2, 0.25) is 0 Å². The van der Waals surface area contributed by atoms with Gasteiger partial charge in [-0.15, -0.1) is 5.10 Å². The summed E-state index contributed by atoms with van der Waals surface area (Å²) in [6.07, 6.45) is 0. The monoisotopic (exact) mass is 264 g/mol. The van der Waals surface area contributed by atoms with Gasteiger partial charge in [-0.25, -0.2) is 9.78 Å². The Morgan fingerprint density at radius 3 is 2.89 bits per heavy atom. The van der Waals surface area contributed by atoms with Crippen LogP contribution < -0.4 is 5.73 Å². The van der Waals surface area contributed by atoms with E-state index in [-0.39, 0.29) is 0 Å². The lowest BCUT2D eigenvalue weighted by Gasteiger charge is -2.05. The minimum atomic E-state index is -0.457. The Labute approximate surface area is 108 Å². The molecule has 94 valence electrons. The topological polar surface area (TPSA) is 93.9 Å². The number of esters is 1. The first-order valence-corrected chi connectivity index (χ1v) is 5.96. The van der Waals surface area contributed by atoms with Gasteiger partial charge < -0.3 is 10.5 Å². The van der Waals surface area contributed by atoms with Crippen molar-refractivity contribution >= 4 is 23.4 Å². The molecular weight excluding hydrogens is 252 g/mol. The van der Waals surface area contributed by atoms with E-state index in [2.05, 4.69) is 19.9 Å². The molecule has 0 fully saturated rings. The second-order valence-corrected chi connectivity index (χ2v) is 4.59. The average molecular weight is 264 g/mol. The number of methoxy groups -OCH3 is 1. The van der Waals surface area contributed by atoms with Crippen LogP contribution in [0.5, 0.6) is 0 Å². The van der Waals surface area contributed by atoms with Crippen molar-refractivity contribution in [3.8, 4) is 0 Å². The first-order chi connectivity index (χ1) is 8.60. The molecule has 0 spiro atoms. The van der Waals surface area contributed by atoms with E-state index in [1.54, 1.807) is 18.2 Å². The zero-order valence-electron chi connectivity index (χ0n) is 9.93. The molecule has 0 radical (unpaired) electrons. The number of nitrogens with two attached hydrogens (primary N) is 1. The molecule has 0 saturated heterocycles. The molecule has 7 heteroatoms. The van der Waals surface area contributed by atoms with E-state index in [1.165, 1.54) is 18.9 Å². The van der Waals surface area contributed by atoms with E-state index >= 15 is 0 Å². The highest BCUT2D eigenvalue weighted by Gasteiger charge is 2.12. The predicted octanol–water partition coefficient (Wildman–Crippen LogP) is 1.63. The van der Waals surface area contributed by atoms with Crippen molar-refractivity contribution in [2.24, 2.45) is 0 Å². The first-order valence-electron chi connectivity index (χ1n) is 5.15. The Hall–Kier alpha value is -2.02. The number of carbonyl (C=O) groups is 1. The fraction of sp³-hybridized carbons (Fsp3) is 0.182. The molecule has 0 saturated carbocycles. The van der Waals surface area contributed by atoms with Crippen LogP contribution in [0, 0.1) is 6.92 Å². The second kappa shape index (κ2) is 5.09. The van der Waals surface area contributed by atoms with Gasteiger partial charge in [-0.2, -0.15) is 0 Å². The largest absolute Gasteiger partial charge is 0.465 e. The summed E-state index contributed by atoms with van der Waals surface area (Å²) in [6.45, 7) is 1.82. The van der Waals surface area contributed by atoms with E-state index in [0.29, 0.717) is 16.4 Å². The summed E-state index contributed by atoms with van der Waals surface area (Å²) >= 11 is 1.34. The summed E-state index contributed by atoms with van der Waals surface area (Å²) in [4.78, 5) is 16.5. The van der Waals surface area contributed by atoms with Gasteiger partial charge in [-0.05, 0) is 36.9 Å². The van der Waals surface area contributed by atoms with E-state index in [0.717, 1.165) is 10.7 Å². The number of ether oxygens (including phenoxy) is 1. The van der Waals surface area contributed by atoms with Gasteiger partial charge in [0, 0.05) is 10.6 Å². The van der Waals surface area contributed by atoms with Gasteiger partial charge >= 0.3 is 5.97 Å². The molecule has 2 aromatic rings. The third-order valence-electron chi connectivity index (χ3n) is 2.22. The number of nitrogen functional groups attached to an aromatic ring is 1. The predicted molar refractivity (Wildman–Crippen MR) is 67.4 cm³/mol. The van der Waals surface area contributed by atoms with Crippen molar-refractivity contribution in [3.05, 3.63) is 29.6 Å².